The number of carbonyl (C=O) groups is 5. The minimum atomic E-state index is -1.18. The lowest BCUT2D eigenvalue weighted by atomic mass is 10.2. The maximum Gasteiger partial charge on any atom is 0.358 e. The van der Waals surface area contributed by atoms with Gasteiger partial charge in [0.15, 0.2) is 28.5 Å². The number of hydrazine groups is 1. The zero-order valence-electron chi connectivity index (χ0n) is 61.4. The molecule has 14 rings (SSSR count). The third-order valence-corrected chi connectivity index (χ3v) is 15.1. The van der Waals surface area contributed by atoms with Crippen LogP contribution >= 0.6 is 11.8 Å². The average molecular weight is 1620 g/mol. The second kappa shape index (κ2) is 43.0. The van der Waals surface area contributed by atoms with Gasteiger partial charge in [-0.1, -0.05) is 25.8 Å². The van der Waals surface area contributed by atoms with Crippen LogP contribution in [0.25, 0.3) is 45.6 Å². The predicted molar refractivity (Wildman–Crippen MR) is 388 cm³/mol. The lowest BCUT2D eigenvalue weighted by Gasteiger charge is -2.17. The van der Waals surface area contributed by atoms with Crippen LogP contribution in [0.2, 0.25) is 0 Å². The fraction of sp³-hybridized carbons (Fsp3) is 0.178. The molecule has 0 aliphatic heterocycles. The summed E-state index contributed by atoms with van der Waals surface area (Å²) in [6.07, 6.45) is 15.4. The van der Waals surface area contributed by atoms with E-state index in [0.29, 0.717) is 51.2 Å². The van der Waals surface area contributed by atoms with E-state index in [0.717, 1.165) is 11.1 Å². The number of carboxylic acid groups (broad SMARTS) is 1. The highest BCUT2D eigenvalue weighted by Gasteiger charge is 2.25. The Balaban J connectivity index is 0.000000161. The standard InChI is InChI=1S/2C15H13FN4O3.C13H8FN5O.C13H9FN4O3.C11H14N2O5.C6H7ClFN3/c1-2-22-15(21)12-8-14(11-5-7-23-19-11)20(18-12)9-13-10(16)4-3-6-17-13;1-2-22-15(21)14-8-12(11-5-7-23-19-11)18-20(14)9-13-10(16)4-3-6-17-13;14-10-2-1-4-16-12(10)8-19-13(6-9(7-15)17-19)11-3-5-20-18-11;14-8-2-1-4-15-11(8)7-18-12(9-3-5-21-17-9)6-10(16-18)13(19)20;1-4-17-11(15)9(13(2)16-3)7-10(14)8-5-6-18-12-8;7-11-10-4-6-5(8)2-1-3-9-6/h2*3-8H,2,9H2,1H3;1-6H,8H2;1-6H,7H2,(H,19,20);5-7H,4H2,1-3H3;1-3,10-11H,4H2/b;;;;9-7+;. The Labute approximate surface area is 656 Å². The number of rotatable bonds is 26. The summed E-state index contributed by atoms with van der Waals surface area (Å²) >= 11 is 5.09. The quantitative estimate of drug-likeness (QED) is 0.00862. The molecule has 116 heavy (non-hydrogen) atoms. The van der Waals surface area contributed by atoms with Crippen molar-refractivity contribution in [1.29, 1.82) is 5.26 Å². The monoisotopic (exact) mass is 1620 g/mol. The normalized spacial score (nSPS) is 10.7. The number of pyridine rings is 5. The molecule has 43 heteroatoms. The van der Waals surface area contributed by atoms with Gasteiger partial charge in [0.05, 0.1) is 105 Å². The lowest BCUT2D eigenvalue weighted by molar-refractivity contribution is -0.149. The number of hydrogen-bond acceptors (Lipinski definition) is 32. The van der Waals surface area contributed by atoms with E-state index in [4.69, 9.17) is 59.3 Å². The molecular formula is C73H64ClF5N22O15. The first-order valence-electron chi connectivity index (χ1n) is 33.8. The van der Waals surface area contributed by atoms with Crippen molar-refractivity contribution in [2.45, 2.75) is 53.5 Å². The largest absolute Gasteiger partial charge is 0.476 e. The molecule has 0 radical (unpaired) electrons. The molecule has 0 bridgehead atoms. The summed E-state index contributed by atoms with van der Waals surface area (Å²) in [5, 5.41) is 54.2. The van der Waals surface area contributed by atoms with Crippen molar-refractivity contribution in [2.24, 2.45) is 0 Å². The first-order valence-corrected chi connectivity index (χ1v) is 34.2. The van der Waals surface area contributed by atoms with Crippen molar-refractivity contribution >= 4 is 41.4 Å². The number of likely N-dealkylation sites (N-methyl/N-ethyl adjacent to an activating group) is 1. The Kier molecular flexibility index (Phi) is 31.5. The van der Waals surface area contributed by atoms with Crippen molar-refractivity contribution in [1.82, 2.24) is 105 Å². The van der Waals surface area contributed by atoms with Crippen LogP contribution in [0.4, 0.5) is 22.0 Å². The van der Waals surface area contributed by atoms with Gasteiger partial charge in [-0.15, -0.1) is 0 Å². The molecule has 0 fully saturated rings. The lowest BCUT2D eigenvalue weighted by Crippen LogP contribution is -2.25. The second-order valence-electron chi connectivity index (χ2n) is 22.5. The summed E-state index contributed by atoms with van der Waals surface area (Å²) in [6, 6.07) is 29.8. The van der Waals surface area contributed by atoms with Gasteiger partial charge in [0.2, 0.25) is 5.78 Å². The van der Waals surface area contributed by atoms with E-state index in [1.807, 2.05) is 6.07 Å². The summed E-state index contributed by atoms with van der Waals surface area (Å²) in [5.41, 5.74) is 7.85. The van der Waals surface area contributed by atoms with Crippen molar-refractivity contribution in [3.05, 3.63) is 275 Å². The SMILES string of the molecule is CCOC(=O)/C(=C\C(=O)c1ccon1)N(C)OC.CCOC(=O)c1cc(-c2ccon2)n(Cc2ncccc2F)n1.CCOC(=O)c1cc(-c2ccon2)nn1Cc1ncccc1F.Fc1cccnc1CNNCl.N#Cc1cc(-c2ccon2)n(Cc2ncccc2F)n1.O=C(O)c1cc(-c2ccon2)n(Cc2ncccc2F)n1. The number of aromatic nitrogens is 18. The number of halogens is 6. The second-order valence-corrected chi connectivity index (χ2v) is 22.7. The number of carboxylic acids is 1. The summed E-state index contributed by atoms with van der Waals surface area (Å²) in [7, 11) is 2.85. The molecule has 0 unspecified atom stereocenters. The first-order chi connectivity index (χ1) is 56.2. The van der Waals surface area contributed by atoms with Crippen molar-refractivity contribution in [3.8, 4) is 51.6 Å². The Morgan fingerprint density at radius 1 is 0.500 bits per heavy atom. The van der Waals surface area contributed by atoms with E-state index in [-0.39, 0.29) is 115 Å². The molecule has 0 aliphatic carbocycles. The zero-order valence-corrected chi connectivity index (χ0v) is 62.1. The van der Waals surface area contributed by atoms with Crippen LogP contribution in [-0.4, -0.2) is 164 Å². The summed E-state index contributed by atoms with van der Waals surface area (Å²) in [5.74, 6) is -5.60. The highest BCUT2D eigenvalue weighted by Crippen LogP contribution is 2.25. The van der Waals surface area contributed by atoms with E-state index in [1.54, 1.807) is 51.1 Å². The molecule has 3 N–H and O–H groups in total. The van der Waals surface area contributed by atoms with E-state index < -0.39 is 52.9 Å². The number of nitrogens with zero attached hydrogens (tertiary/aromatic N) is 20. The third kappa shape index (κ3) is 23.8. The number of aromatic carboxylic acids is 1. The van der Waals surface area contributed by atoms with E-state index >= 15 is 0 Å². The first kappa shape index (κ1) is 85.0. The van der Waals surface area contributed by atoms with Gasteiger partial charge >= 0.3 is 23.9 Å². The fourth-order valence-corrected chi connectivity index (χ4v) is 9.66. The highest BCUT2D eigenvalue weighted by molar-refractivity contribution is 6.13. The minimum Gasteiger partial charge on any atom is -0.476 e. The van der Waals surface area contributed by atoms with Gasteiger partial charge in [-0.3, -0.25) is 58.3 Å². The molecule has 14 heterocycles. The summed E-state index contributed by atoms with van der Waals surface area (Å²) in [6.45, 7) is 6.14. The van der Waals surface area contributed by atoms with Gasteiger partial charge in [0.1, 0.15) is 101 Å². The maximum absolute atomic E-state index is 13.8. The maximum atomic E-state index is 13.8. The molecule has 14 aromatic heterocycles. The number of hydrogen-bond donors (Lipinski definition) is 3. The van der Waals surface area contributed by atoms with Crippen LogP contribution in [0.1, 0.15) is 96.9 Å². The molecule has 0 aromatic carbocycles. The molecule has 0 saturated carbocycles. The van der Waals surface area contributed by atoms with Crippen molar-refractivity contribution in [2.75, 3.05) is 34.0 Å². The number of nitriles is 1. The number of ether oxygens (including phenoxy) is 3. The highest BCUT2D eigenvalue weighted by atomic mass is 35.5. The van der Waals surface area contributed by atoms with Crippen molar-refractivity contribution < 1.29 is 92.7 Å². The van der Waals surface area contributed by atoms with Crippen LogP contribution in [0.3, 0.4) is 0 Å². The molecule has 0 spiro atoms. The predicted octanol–water partition coefficient (Wildman–Crippen LogP) is 10.2. The summed E-state index contributed by atoms with van der Waals surface area (Å²) in [4.78, 5) is 85.0. The molecule has 0 atom stereocenters. The number of nitrogens with one attached hydrogen (secondary N) is 2. The molecule has 37 nitrogen and oxygen atoms in total. The van der Waals surface area contributed by atoms with Gasteiger partial charge < -0.3 is 41.9 Å². The van der Waals surface area contributed by atoms with Crippen LogP contribution in [0.5, 0.6) is 0 Å². The zero-order chi connectivity index (χ0) is 82.9. The van der Waals surface area contributed by atoms with Gasteiger partial charge in [0, 0.05) is 98.7 Å². The van der Waals surface area contributed by atoms with E-state index in [2.05, 4.69) is 86.0 Å². The molecule has 14 aromatic rings. The number of allylic oxidation sites excluding steroid dienone is 1. The Morgan fingerprint density at radius 3 is 1.31 bits per heavy atom. The molecule has 598 valence electrons. The molecular weight excluding hydrogens is 1560 g/mol. The number of carbonyl (C=O) groups excluding carboxylic acids is 4. The Morgan fingerprint density at radius 2 is 0.905 bits per heavy atom. The number of hydroxylamine groups is 2. The minimum absolute atomic E-state index is 0.00132. The Hall–Kier alpha value is -15.0. The van der Waals surface area contributed by atoms with Crippen LogP contribution in [-0.2, 0) is 56.6 Å². The third-order valence-electron chi connectivity index (χ3n) is 15.0. The Bertz CT molecular complexity index is 5560. The molecule has 0 saturated heterocycles. The van der Waals surface area contributed by atoms with E-state index in [1.165, 1.54) is 180 Å². The molecule has 0 amide bonds. The average Bonchev–Trinajstić information content (AvgIpc) is 1.68. The van der Waals surface area contributed by atoms with Gasteiger partial charge in [0.25, 0.3) is 0 Å². The van der Waals surface area contributed by atoms with Crippen LogP contribution < -0.4 is 10.4 Å². The molecule has 0 aliphatic rings. The van der Waals surface area contributed by atoms with Gasteiger partial charge in [-0.25, -0.2) is 46.6 Å². The van der Waals surface area contributed by atoms with E-state index in [9.17, 15) is 45.9 Å². The van der Waals surface area contributed by atoms with Gasteiger partial charge in [-0.2, -0.15) is 30.6 Å². The van der Waals surface area contributed by atoms with Gasteiger partial charge in [-0.05, 0) is 93.2 Å². The van der Waals surface area contributed by atoms with Crippen molar-refractivity contribution in [3.63, 3.8) is 0 Å². The number of ketones is 1. The topological polar surface area (TPSA) is 459 Å². The smallest absolute Gasteiger partial charge is 0.358 e. The number of esters is 3. The van der Waals surface area contributed by atoms with Crippen LogP contribution in [0, 0.1) is 40.4 Å². The summed E-state index contributed by atoms with van der Waals surface area (Å²) < 4.78 is 112. The fourth-order valence-electron chi connectivity index (χ4n) is 9.60. The van der Waals surface area contributed by atoms with Crippen LogP contribution in [0.15, 0.2) is 212 Å².